The first-order chi connectivity index (χ1) is 5.66. The van der Waals surface area contributed by atoms with Gasteiger partial charge in [0.2, 0.25) is 0 Å². The van der Waals surface area contributed by atoms with Gasteiger partial charge in [0.25, 0.3) is 0 Å². The summed E-state index contributed by atoms with van der Waals surface area (Å²) in [5.74, 6) is 2.25. The number of hydrogen-bond donors (Lipinski definition) is 0. The fourth-order valence-electron chi connectivity index (χ4n) is 2.47. The van der Waals surface area contributed by atoms with Gasteiger partial charge in [0.05, 0.1) is 0 Å². The monoisotopic (exact) mass is 168 g/mol. The van der Waals surface area contributed by atoms with E-state index in [4.69, 9.17) is 0 Å². The second-order valence-corrected chi connectivity index (χ2v) is 4.22. The number of rotatable bonds is 3. The quantitative estimate of drug-likeness (QED) is 0.633. The van der Waals surface area contributed by atoms with Gasteiger partial charge in [-0.15, -0.1) is 0 Å². The molecule has 0 saturated heterocycles. The molecule has 0 bridgehead atoms. The smallest absolute Gasteiger partial charge is 0.135 e. The highest BCUT2D eigenvalue weighted by Gasteiger charge is 2.33. The van der Waals surface area contributed by atoms with Crippen molar-refractivity contribution in [3.05, 3.63) is 0 Å². The van der Waals surface area contributed by atoms with E-state index in [9.17, 15) is 4.79 Å². The molecule has 0 spiro atoms. The second-order valence-electron chi connectivity index (χ2n) is 4.22. The van der Waals surface area contributed by atoms with E-state index < -0.39 is 0 Å². The third-order valence-corrected chi connectivity index (χ3v) is 3.35. The molecule has 1 heteroatoms. The molecule has 1 rings (SSSR count). The largest absolute Gasteiger partial charge is 0.299 e. The van der Waals surface area contributed by atoms with Gasteiger partial charge in [-0.05, 0) is 18.3 Å². The molecule has 0 aromatic rings. The van der Waals surface area contributed by atoms with Gasteiger partial charge in [-0.3, -0.25) is 4.79 Å². The Morgan fingerprint density at radius 1 is 1.58 bits per heavy atom. The molecule has 3 atom stereocenters. The van der Waals surface area contributed by atoms with Crippen LogP contribution in [0.15, 0.2) is 0 Å². The highest BCUT2D eigenvalue weighted by Crippen LogP contribution is 2.35. The Bertz CT molecular complexity index is 162. The summed E-state index contributed by atoms with van der Waals surface area (Å²) in [4.78, 5) is 11.3. The third-order valence-electron chi connectivity index (χ3n) is 3.35. The minimum Gasteiger partial charge on any atom is -0.299 e. The molecule has 0 aromatic heterocycles. The Morgan fingerprint density at radius 3 is 2.67 bits per heavy atom. The van der Waals surface area contributed by atoms with Crippen LogP contribution in [-0.2, 0) is 4.79 Å². The van der Waals surface area contributed by atoms with Crippen LogP contribution in [0.2, 0.25) is 0 Å². The zero-order valence-electron chi connectivity index (χ0n) is 8.47. The summed E-state index contributed by atoms with van der Waals surface area (Å²) >= 11 is 0. The predicted molar refractivity (Wildman–Crippen MR) is 51.0 cm³/mol. The van der Waals surface area contributed by atoms with Crippen LogP contribution in [0.1, 0.15) is 46.5 Å². The van der Waals surface area contributed by atoms with Crippen molar-refractivity contribution >= 4 is 5.78 Å². The molecule has 0 aromatic carbocycles. The summed E-state index contributed by atoms with van der Waals surface area (Å²) in [6, 6.07) is 0. The molecule has 1 saturated carbocycles. The van der Waals surface area contributed by atoms with Crippen LogP contribution >= 0.6 is 0 Å². The van der Waals surface area contributed by atoms with Crippen LogP contribution in [0.3, 0.4) is 0 Å². The predicted octanol–water partition coefficient (Wildman–Crippen LogP) is 3.04. The maximum absolute atomic E-state index is 11.3. The average Bonchev–Trinajstić information content (AvgIpc) is 2.34. The second kappa shape index (κ2) is 4.06. The summed E-state index contributed by atoms with van der Waals surface area (Å²) < 4.78 is 0. The van der Waals surface area contributed by atoms with Gasteiger partial charge >= 0.3 is 0 Å². The van der Waals surface area contributed by atoms with E-state index in [0.717, 1.165) is 18.8 Å². The number of ketones is 1. The van der Waals surface area contributed by atoms with Crippen molar-refractivity contribution < 1.29 is 4.79 Å². The molecular formula is C11H20O. The van der Waals surface area contributed by atoms with E-state index in [1.54, 1.807) is 0 Å². The van der Waals surface area contributed by atoms with Crippen molar-refractivity contribution in [2.24, 2.45) is 17.8 Å². The fraction of sp³-hybridized carbons (Fsp3) is 0.909. The maximum atomic E-state index is 11.3. The van der Waals surface area contributed by atoms with E-state index in [1.165, 1.54) is 12.8 Å². The lowest BCUT2D eigenvalue weighted by Crippen LogP contribution is -2.17. The maximum Gasteiger partial charge on any atom is 0.135 e. The number of carbonyl (C=O) groups excluding carboxylic acids is 1. The normalized spacial score (nSPS) is 32.4. The molecule has 1 aliphatic rings. The summed E-state index contributed by atoms with van der Waals surface area (Å²) in [5, 5.41) is 0. The Balaban J connectivity index is 2.47. The molecule has 3 unspecified atom stereocenters. The summed E-state index contributed by atoms with van der Waals surface area (Å²) in [7, 11) is 0. The van der Waals surface area contributed by atoms with E-state index in [0.29, 0.717) is 17.6 Å². The van der Waals surface area contributed by atoms with E-state index in [2.05, 4.69) is 20.8 Å². The van der Waals surface area contributed by atoms with Crippen molar-refractivity contribution in [3.63, 3.8) is 0 Å². The average molecular weight is 168 g/mol. The standard InChI is InChI=1S/C11H20O/c1-4-5-8(2)10-6-7-11(12)9(10)3/h8-10H,4-7H2,1-3H3. The number of carbonyl (C=O) groups is 1. The topological polar surface area (TPSA) is 17.1 Å². The van der Waals surface area contributed by atoms with Gasteiger partial charge in [-0.25, -0.2) is 0 Å². The summed E-state index contributed by atoms with van der Waals surface area (Å²) in [6.45, 7) is 6.62. The minimum absolute atomic E-state index is 0.339. The zero-order valence-corrected chi connectivity index (χ0v) is 8.47. The Hall–Kier alpha value is -0.330. The van der Waals surface area contributed by atoms with Crippen molar-refractivity contribution in [1.29, 1.82) is 0 Å². The Kier molecular flexibility index (Phi) is 3.30. The lowest BCUT2D eigenvalue weighted by atomic mass is 9.83. The zero-order chi connectivity index (χ0) is 9.14. The van der Waals surface area contributed by atoms with Crippen LogP contribution in [0, 0.1) is 17.8 Å². The highest BCUT2D eigenvalue weighted by molar-refractivity contribution is 5.83. The SMILES string of the molecule is CCCC(C)C1CCC(=O)C1C. The molecule has 1 nitrogen and oxygen atoms in total. The van der Waals surface area contributed by atoms with Crippen LogP contribution in [-0.4, -0.2) is 5.78 Å². The van der Waals surface area contributed by atoms with Gasteiger partial charge in [-0.2, -0.15) is 0 Å². The van der Waals surface area contributed by atoms with Gasteiger partial charge in [0.15, 0.2) is 0 Å². The Morgan fingerprint density at radius 2 is 2.25 bits per heavy atom. The number of hydrogen-bond acceptors (Lipinski definition) is 1. The van der Waals surface area contributed by atoms with Gasteiger partial charge in [0, 0.05) is 12.3 Å². The van der Waals surface area contributed by atoms with Gasteiger partial charge < -0.3 is 0 Å². The van der Waals surface area contributed by atoms with Crippen molar-refractivity contribution in [3.8, 4) is 0 Å². The third kappa shape index (κ3) is 1.88. The lowest BCUT2D eigenvalue weighted by molar-refractivity contribution is -0.121. The molecule has 0 radical (unpaired) electrons. The van der Waals surface area contributed by atoms with E-state index in [1.807, 2.05) is 0 Å². The van der Waals surface area contributed by atoms with Gasteiger partial charge in [0.1, 0.15) is 5.78 Å². The molecule has 1 aliphatic carbocycles. The molecule has 0 N–H and O–H groups in total. The van der Waals surface area contributed by atoms with Gasteiger partial charge in [-0.1, -0.05) is 33.6 Å². The molecule has 0 heterocycles. The minimum atomic E-state index is 0.339. The molecule has 1 fully saturated rings. The lowest BCUT2D eigenvalue weighted by Gasteiger charge is -2.21. The highest BCUT2D eigenvalue weighted by atomic mass is 16.1. The molecular weight excluding hydrogens is 148 g/mol. The van der Waals surface area contributed by atoms with Crippen molar-refractivity contribution in [2.45, 2.75) is 46.5 Å². The Labute approximate surface area is 75.5 Å². The van der Waals surface area contributed by atoms with E-state index >= 15 is 0 Å². The summed E-state index contributed by atoms with van der Waals surface area (Å²) in [6.07, 6.45) is 4.50. The van der Waals surface area contributed by atoms with Crippen molar-refractivity contribution in [1.82, 2.24) is 0 Å². The first-order valence-electron chi connectivity index (χ1n) is 5.19. The molecule has 0 aliphatic heterocycles. The van der Waals surface area contributed by atoms with Crippen LogP contribution < -0.4 is 0 Å². The van der Waals surface area contributed by atoms with Crippen LogP contribution in [0.5, 0.6) is 0 Å². The van der Waals surface area contributed by atoms with Crippen LogP contribution in [0.4, 0.5) is 0 Å². The summed E-state index contributed by atoms with van der Waals surface area (Å²) in [5.41, 5.74) is 0. The number of Topliss-reactive ketones (excluding diaryl/α,β-unsaturated/α-hetero) is 1. The first kappa shape index (κ1) is 9.76. The van der Waals surface area contributed by atoms with Crippen LogP contribution in [0.25, 0.3) is 0 Å². The van der Waals surface area contributed by atoms with E-state index in [-0.39, 0.29) is 0 Å². The molecule has 70 valence electrons. The first-order valence-corrected chi connectivity index (χ1v) is 5.19. The molecule has 0 amide bonds. The van der Waals surface area contributed by atoms with Crippen molar-refractivity contribution in [2.75, 3.05) is 0 Å². The fourth-order valence-corrected chi connectivity index (χ4v) is 2.47. The molecule has 12 heavy (non-hydrogen) atoms.